The molecule has 8 atom stereocenters. The number of aliphatic hydroxyl groups excluding tert-OH is 1. The van der Waals surface area contributed by atoms with Gasteiger partial charge in [0.2, 0.25) is 17.7 Å². The maximum absolute atomic E-state index is 14.9. The van der Waals surface area contributed by atoms with Crippen molar-refractivity contribution in [3.8, 4) is 0 Å². The lowest BCUT2D eigenvalue weighted by molar-refractivity contribution is -0.162. The summed E-state index contributed by atoms with van der Waals surface area (Å²) in [7, 11) is 0. The number of esters is 1. The van der Waals surface area contributed by atoms with Gasteiger partial charge in [-0.05, 0) is 43.4 Å². The van der Waals surface area contributed by atoms with Gasteiger partial charge < -0.3 is 29.7 Å². The number of ether oxygens (including phenoxy) is 2. The molecule has 3 amide bonds. The van der Waals surface area contributed by atoms with Crippen LogP contribution in [0.25, 0.3) is 0 Å². The van der Waals surface area contributed by atoms with Crippen LogP contribution in [0, 0.1) is 11.8 Å². The van der Waals surface area contributed by atoms with Gasteiger partial charge in [0.25, 0.3) is 0 Å². The zero-order valence-corrected chi connectivity index (χ0v) is 29.5. The molecule has 11 heteroatoms. The summed E-state index contributed by atoms with van der Waals surface area (Å²) in [6, 6.07) is 16.2. The minimum Gasteiger partial charge on any atom is -0.455 e. The Bertz CT molecular complexity index is 1600. The Balaban J connectivity index is 1.46. The fourth-order valence-electron chi connectivity index (χ4n) is 7.79. The molecule has 0 saturated carbocycles. The summed E-state index contributed by atoms with van der Waals surface area (Å²) in [5.41, 5.74) is 0.127. The number of halogens is 1. The van der Waals surface area contributed by atoms with Gasteiger partial charge in [-0.25, -0.2) is 0 Å². The van der Waals surface area contributed by atoms with Crippen LogP contribution in [0.15, 0.2) is 83.4 Å². The molecule has 0 aliphatic carbocycles. The molecule has 2 N–H and O–H groups in total. The van der Waals surface area contributed by atoms with E-state index in [0.29, 0.717) is 29.4 Å². The molecule has 1 spiro atoms. The summed E-state index contributed by atoms with van der Waals surface area (Å²) in [5.74, 6) is -3.73. The molecule has 2 saturated heterocycles. The lowest BCUT2D eigenvalue weighted by Gasteiger charge is -2.38. The van der Waals surface area contributed by atoms with Crippen molar-refractivity contribution >= 4 is 39.6 Å². The zero-order valence-electron chi connectivity index (χ0n) is 27.9. The zero-order chi connectivity index (χ0) is 34.7. The first-order chi connectivity index (χ1) is 23.7. The Hall–Kier alpha value is -3.80. The van der Waals surface area contributed by atoms with Gasteiger partial charge in [0.05, 0.1) is 24.6 Å². The van der Waals surface area contributed by atoms with Crippen LogP contribution in [0.3, 0.4) is 0 Å². The minimum atomic E-state index is -1.46. The fourth-order valence-corrected chi connectivity index (χ4v) is 8.53. The first-order valence-electron chi connectivity index (χ1n) is 17.2. The van der Waals surface area contributed by atoms with E-state index >= 15 is 0 Å². The first-order valence-corrected chi connectivity index (χ1v) is 18.0. The number of aliphatic hydroxyl groups is 1. The number of cyclic esters (lactones) is 1. The number of hydrogen-bond donors (Lipinski definition) is 2. The standard InChI is InChI=1S/C38H44BrN3O7/c1-3-4-19-41-20-13-7-12-18-29(44)40-24(2)32(26-16-10-6-11-17-26)48-37(47)30-31-35(45)42(27(23-43)21-25-14-8-5-9-15-25)34(36(41)46)38(31)22-28(39)33(30)49-38/h5-11,13-17,22,24,27,30-34,43H,3-4,12,18-21,23H2,1-2H3,(H,40,44)/b13-7-/t24-,27+,30+,31-,32+,33+,34+,38-/m0/s1. The molecule has 260 valence electrons. The van der Waals surface area contributed by atoms with Crippen molar-refractivity contribution < 1.29 is 33.8 Å². The van der Waals surface area contributed by atoms with E-state index in [1.165, 1.54) is 4.90 Å². The SMILES string of the molecule is CCCCN1C/C=C\CCC(=O)N[C@@H](C)[C@H](c2ccccc2)OC(=O)[C@H]2[C@@H]3O[C@@]4(C=C3Br)[C@@H]2C(=O)N([C@@H](CO)Cc2ccccc2)[C@@H]4C1=O. The van der Waals surface area contributed by atoms with Gasteiger partial charge in [-0.3, -0.25) is 19.2 Å². The van der Waals surface area contributed by atoms with Crippen LogP contribution in [-0.4, -0.2) is 88.1 Å². The predicted octanol–water partition coefficient (Wildman–Crippen LogP) is 4.23. The van der Waals surface area contributed by atoms with Crippen molar-refractivity contribution in [3.63, 3.8) is 0 Å². The molecule has 2 fully saturated rings. The third-order valence-electron chi connectivity index (χ3n) is 10.1. The predicted molar refractivity (Wildman–Crippen MR) is 186 cm³/mol. The average Bonchev–Trinajstić information content (AvgIpc) is 3.70. The molecule has 6 rings (SSSR count). The summed E-state index contributed by atoms with van der Waals surface area (Å²) in [5, 5.41) is 13.8. The highest BCUT2D eigenvalue weighted by Crippen LogP contribution is 2.59. The second-order valence-electron chi connectivity index (χ2n) is 13.4. The molecule has 4 aliphatic heterocycles. The molecular weight excluding hydrogens is 690 g/mol. The monoisotopic (exact) mass is 733 g/mol. The highest BCUT2D eigenvalue weighted by atomic mass is 79.9. The van der Waals surface area contributed by atoms with Crippen molar-refractivity contribution in [1.29, 1.82) is 0 Å². The number of carbonyl (C=O) groups excluding carboxylic acids is 4. The smallest absolute Gasteiger partial charge is 0.313 e. The van der Waals surface area contributed by atoms with Crippen LogP contribution < -0.4 is 5.32 Å². The van der Waals surface area contributed by atoms with E-state index in [0.717, 1.165) is 18.4 Å². The summed E-state index contributed by atoms with van der Waals surface area (Å²) in [6.45, 7) is 4.16. The largest absolute Gasteiger partial charge is 0.455 e. The van der Waals surface area contributed by atoms with Crippen molar-refractivity contribution in [3.05, 3.63) is 94.5 Å². The number of likely N-dealkylation sites (tertiary alicyclic amines) is 1. The number of rotatable bonds is 8. The Morgan fingerprint density at radius 2 is 1.71 bits per heavy atom. The minimum absolute atomic E-state index is 0.191. The Labute approximate surface area is 295 Å². The Kier molecular flexibility index (Phi) is 10.7. The van der Waals surface area contributed by atoms with Crippen molar-refractivity contribution in [1.82, 2.24) is 15.1 Å². The average molecular weight is 735 g/mol. The van der Waals surface area contributed by atoms with E-state index in [-0.39, 0.29) is 24.8 Å². The first kappa shape index (κ1) is 35.0. The number of hydrogen-bond acceptors (Lipinski definition) is 7. The molecule has 49 heavy (non-hydrogen) atoms. The van der Waals surface area contributed by atoms with Gasteiger partial charge in [-0.15, -0.1) is 0 Å². The molecule has 4 aliphatic rings. The van der Waals surface area contributed by atoms with E-state index in [4.69, 9.17) is 9.47 Å². The molecular formula is C38H44BrN3O7. The molecule has 4 heterocycles. The Morgan fingerprint density at radius 1 is 1.00 bits per heavy atom. The molecule has 0 unspecified atom stereocenters. The van der Waals surface area contributed by atoms with Crippen LogP contribution >= 0.6 is 15.9 Å². The van der Waals surface area contributed by atoms with E-state index in [1.54, 1.807) is 17.9 Å². The number of nitrogens with one attached hydrogen (secondary N) is 1. The number of unbranched alkanes of at least 4 members (excludes halogenated alkanes) is 1. The highest BCUT2D eigenvalue weighted by molar-refractivity contribution is 9.11. The maximum Gasteiger partial charge on any atom is 0.313 e. The van der Waals surface area contributed by atoms with E-state index in [9.17, 15) is 24.3 Å². The van der Waals surface area contributed by atoms with Gasteiger partial charge in [-0.1, -0.05) is 102 Å². The van der Waals surface area contributed by atoms with E-state index < -0.39 is 66.3 Å². The number of carbonyl (C=O) groups is 4. The number of benzene rings is 2. The van der Waals surface area contributed by atoms with Crippen LogP contribution in [0.4, 0.5) is 0 Å². The van der Waals surface area contributed by atoms with E-state index in [1.807, 2.05) is 79.7 Å². The quantitative estimate of drug-likeness (QED) is 0.308. The second kappa shape index (κ2) is 15.0. The number of fused-ring (bicyclic) bond motifs is 2. The van der Waals surface area contributed by atoms with Crippen molar-refractivity contribution in [2.45, 2.75) is 81.9 Å². The van der Waals surface area contributed by atoms with Crippen molar-refractivity contribution in [2.24, 2.45) is 11.8 Å². The lowest BCUT2D eigenvalue weighted by Crippen LogP contribution is -2.59. The topological polar surface area (TPSA) is 125 Å². The van der Waals surface area contributed by atoms with Crippen LogP contribution in [-0.2, 0) is 35.1 Å². The summed E-state index contributed by atoms with van der Waals surface area (Å²) in [4.78, 5) is 60.3. The molecule has 10 nitrogen and oxygen atoms in total. The van der Waals surface area contributed by atoms with Gasteiger partial charge in [0, 0.05) is 24.0 Å². The Morgan fingerprint density at radius 3 is 2.41 bits per heavy atom. The van der Waals surface area contributed by atoms with Gasteiger partial charge in [0.1, 0.15) is 29.8 Å². The maximum atomic E-state index is 14.9. The van der Waals surface area contributed by atoms with Crippen molar-refractivity contribution in [2.75, 3.05) is 19.7 Å². The number of allylic oxidation sites excluding steroid dienone is 1. The summed E-state index contributed by atoms with van der Waals surface area (Å²) in [6.07, 6.45) is 6.43. The summed E-state index contributed by atoms with van der Waals surface area (Å²) < 4.78 is 13.5. The normalized spacial score (nSPS) is 31.6. The molecule has 0 radical (unpaired) electrons. The third kappa shape index (κ3) is 6.72. The van der Waals surface area contributed by atoms with Gasteiger partial charge in [0.15, 0.2) is 0 Å². The third-order valence-corrected chi connectivity index (χ3v) is 10.8. The molecule has 0 aromatic heterocycles. The van der Waals surface area contributed by atoms with E-state index in [2.05, 4.69) is 21.2 Å². The lowest BCUT2D eigenvalue weighted by atomic mass is 9.74. The second-order valence-corrected chi connectivity index (χ2v) is 14.3. The number of amides is 3. The molecule has 5 bridgehead atoms. The van der Waals surface area contributed by atoms with Crippen LogP contribution in [0.1, 0.15) is 56.8 Å². The molecule has 2 aromatic carbocycles. The van der Waals surface area contributed by atoms with Gasteiger partial charge in [-0.2, -0.15) is 0 Å². The van der Waals surface area contributed by atoms with Crippen LogP contribution in [0.2, 0.25) is 0 Å². The number of nitrogens with zero attached hydrogens (tertiary/aromatic N) is 2. The molecule has 2 aromatic rings. The van der Waals surface area contributed by atoms with Gasteiger partial charge >= 0.3 is 5.97 Å². The summed E-state index contributed by atoms with van der Waals surface area (Å²) >= 11 is 3.62. The van der Waals surface area contributed by atoms with Crippen LogP contribution in [0.5, 0.6) is 0 Å². The highest BCUT2D eigenvalue weighted by Gasteiger charge is 2.75. The fraction of sp³-hybridized carbons (Fsp3) is 0.474.